The molecule has 0 spiro atoms. The highest BCUT2D eigenvalue weighted by atomic mass is 35.5. The van der Waals surface area contributed by atoms with Crippen LogP contribution in [0.4, 0.5) is 0 Å². The fraction of sp³-hybridized carbons (Fsp3) is 0.350. The van der Waals surface area contributed by atoms with Gasteiger partial charge in [0.1, 0.15) is 5.75 Å². The lowest BCUT2D eigenvalue weighted by Crippen LogP contribution is -2.39. The first-order valence-electron chi connectivity index (χ1n) is 8.63. The first-order chi connectivity index (χ1) is 12.9. The number of hydrogen-bond acceptors (Lipinski definition) is 3. The molecule has 1 amide bonds. The lowest BCUT2D eigenvalue weighted by molar-refractivity contribution is -0.127. The van der Waals surface area contributed by atoms with Crippen molar-refractivity contribution in [3.8, 4) is 5.75 Å². The normalized spacial score (nSPS) is 11.9. The maximum absolute atomic E-state index is 12.3. The van der Waals surface area contributed by atoms with Crippen LogP contribution >= 0.6 is 46.6 Å². The zero-order chi connectivity index (χ0) is 19.8. The summed E-state index contributed by atoms with van der Waals surface area (Å²) in [7, 11) is 0. The molecule has 0 aliphatic rings. The number of amides is 1. The Hall–Kier alpha value is -1.07. The quantitative estimate of drug-likeness (QED) is 0.469. The van der Waals surface area contributed by atoms with Gasteiger partial charge in [0, 0.05) is 33.1 Å². The Kier molecular flexibility index (Phi) is 9.10. The molecule has 7 heteroatoms. The third kappa shape index (κ3) is 7.11. The molecule has 0 radical (unpaired) electrons. The average molecular weight is 447 g/mol. The number of hydrogen-bond donors (Lipinski definition) is 1. The Bertz CT molecular complexity index is 786. The van der Waals surface area contributed by atoms with E-state index in [2.05, 4.69) is 5.32 Å². The molecule has 1 N–H and O–H groups in total. The maximum atomic E-state index is 12.3. The number of carbonyl (C=O) groups is 1. The summed E-state index contributed by atoms with van der Waals surface area (Å²) in [6, 6.07) is 10.9. The smallest absolute Gasteiger partial charge is 0.261 e. The molecule has 3 nitrogen and oxygen atoms in total. The van der Waals surface area contributed by atoms with Gasteiger partial charge in [0.25, 0.3) is 5.91 Å². The van der Waals surface area contributed by atoms with E-state index >= 15 is 0 Å². The molecular weight excluding hydrogens is 425 g/mol. The molecule has 0 saturated carbocycles. The van der Waals surface area contributed by atoms with Gasteiger partial charge < -0.3 is 10.1 Å². The molecule has 2 aromatic carbocycles. The Morgan fingerprint density at radius 2 is 1.93 bits per heavy atom. The van der Waals surface area contributed by atoms with Crippen molar-refractivity contribution in [2.24, 2.45) is 0 Å². The van der Waals surface area contributed by atoms with Crippen LogP contribution in [0.2, 0.25) is 15.1 Å². The molecule has 1 atom stereocenters. The van der Waals surface area contributed by atoms with Gasteiger partial charge in [-0.15, -0.1) is 0 Å². The molecule has 0 aliphatic carbocycles. The molecule has 0 fully saturated rings. The number of ether oxygens (including phenoxy) is 1. The lowest BCUT2D eigenvalue weighted by Gasteiger charge is -2.17. The summed E-state index contributed by atoms with van der Waals surface area (Å²) < 4.78 is 5.81. The van der Waals surface area contributed by atoms with Crippen molar-refractivity contribution in [1.29, 1.82) is 0 Å². The van der Waals surface area contributed by atoms with Gasteiger partial charge in [-0.05, 0) is 54.8 Å². The fourth-order valence-electron chi connectivity index (χ4n) is 2.36. The molecule has 0 bridgehead atoms. The van der Waals surface area contributed by atoms with E-state index in [4.69, 9.17) is 39.5 Å². The second-order valence-corrected chi connectivity index (χ2v) is 8.36. The van der Waals surface area contributed by atoms with Gasteiger partial charge in [-0.3, -0.25) is 4.79 Å². The number of carbonyl (C=O) groups excluding carboxylic acids is 1. The minimum absolute atomic E-state index is 0.116. The van der Waals surface area contributed by atoms with Crippen LogP contribution in [0.1, 0.15) is 24.5 Å². The summed E-state index contributed by atoms with van der Waals surface area (Å²) in [6.07, 6.45) is 0.0578. The van der Waals surface area contributed by atoms with Gasteiger partial charge in [0.05, 0.1) is 0 Å². The van der Waals surface area contributed by atoms with E-state index in [0.29, 0.717) is 33.8 Å². The van der Waals surface area contributed by atoms with Crippen molar-refractivity contribution < 1.29 is 9.53 Å². The number of halogens is 3. The van der Waals surface area contributed by atoms with E-state index in [9.17, 15) is 4.79 Å². The maximum Gasteiger partial charge on any atom is 0.261 e. The zero-order valence-electron chi connectivity index (χ0n) is 15.2. The second kappa shape index (κ2) is 11.1. The minimum Gasteiger partial charge on any atom is -0.481 e. The van der Waals surface area contributed by atoms with Crippen molar-refractivity contribution in [3.05, 3.63) is 62.6 Å². The van der Waals surface area contributed by atoms with Gasteiger partial charge in [0.15, 0.2) is 6.10 Å². The lowest BCUT2D eigenvalue weighted by atomic mass is 10.2. The zero-order valence-corrected chi connectivity index (χ0v) is 18.3. The summed E-state index contributed by atoms with van der Waals surface area (Å²) in [5.41, 5.74) is 1.95. The van der Waals surface area contributed by atoms with E-state index in [1.165, 1.54) is 0 Å². The molecule has 2 rings (SSSR count). The van der Waals surface area contributed by atoms with E-state index in [0.717, 1.165) is 22.6 Å². The van der Waals surface area contributed by atoms with Gasteiger partial charge in [-0.1, -0.05) is 47.8 Å². The van der Waals surface area contributed by atoms with Crippen LogP contribution in [0.5, 0.6) is 5.75 Å². The summed E-state index contributed by atoms with van der Waals surface area (Å²) in [6.45, 7) is 4.39. The van der Waals surface area contributed by atoms with Crippen molar-refractivity contribution in [2.75, 3.05) is 12.3 Å². The van der Waals surface area contributed by atoms with Crippen LogP contribution in [-0.2, 0) is 10.5 Å². The Balaban J connectivity index is 1.75. The van der Waals surface area contributed by atoms with Gasteiger partial charge in [-0.25, -0.2) is 0 Å². The topological polar surface area (TPSA) is 38.3 Å². The fourth-order valence-corrected chi connectivity index (χ4v) is 3.89. The first kappa shape index (κ1) is 22.2. The average Bonchev–Trinajstić information content (AvgIpc) is 2.63. The highest BCUT2D eigenvalue weighted by molar-refractivity contribution is 7.98. The molecular formula is C20H22Cl3NO2S. The van der Waals surface area contributed by atoms with E-state index in [1.807, 2.05) is 32.0 Å². The van der Waals surface area contributed by atoms with Crippen LogP contribution < -0.4 is 10.1 Å². The SMILES string of the molecule is CC[C@@H](Oc1ccc(Cl)c(C)c1)C(=O)NCCSCc1ccc(Cl)cc1Cl. The molecule has 0 heterocycles. The van der Waals surface area contributed by atoms with Crippen LogP contribution in [0.25, 0.3) is 0 Å². The molecule has 0 saturated heterocycles. The Morgan fingerprint density at radius 3 is 2.59 bits per heavy atom. The molecule has 0 aromatic heterocycles. The van der Waals surface area contributed by atoms with E-state index < -0.39 is 6.10 Å². The monoisotopic (exact) mass is 445 g/mol. The summed E-state index contributed by atoms with van der Waals surface area (Å²) in [5, 5.41) is 4.89. The largest absolute Gasteiger partial charge is 0.481 e. The third-order valence-corrected chi connectivity index (χ3v) is 5.91. The Labute approximate surface area is 179 Å². The molecule has 0 aliphatic heterocycles. The molecule has 0 unspecified atom stereocenters. The van der Waals surface area contributed by atoms with Crippen molar-refractivity contribution >= 4 is 52.5 Å². The first-order valence-corrected chi connectivity index (χ1v) is 10.9. The third-order valence-electron chi connectivity index (χ3n) is 3.89. The van der Waals surface area contributed by atoms with Crippen LogP contribution in [0.3, 0.4) is 0 Å². The van der Waals surface area contributed by atoms with Gasteiger partial charge in [0.2, 0.25) is 0 Å². The van der Waals surface area contributed by atoms with Gasteiger partial charge >= 0.3 is 0 Å². The van der Waals surface area contributed by atoms with E-state index in [-0.39, 0.29) is 5.91 Å². The standard InChI is InChI=1S/C20H22Cl3NO2S/c1-3-19(26-16-6-7-17(22)13(2)10-16)20(25)24-8-9-27-12-14-4-5-15(21)11-18(14)23/h4-7,10-11,19H,3,8-9,12H2,1-2H3,(H,24,25)/t19-/m1/s1. The predicted octanol–water partition coefficient (Wildman–Crippen LogP) is 6.16. The van der Waals surface area contributed by atoms with Crippen LogP contribution in [0.15, 0.2) is 36.4 Å². The van der Waals surface area contributed by atoms with E-state index in [1.54, 1.807) is 30.0 Å². The summed E-state index contributed by atoms with van der Waals surface area (Å²) in [5.74, 6) is 2.08. The Morgan fingerprint density at radius 1 is 1.15 bits per heavy atom. The predicted molar refractivity (Wildman–Crippen MR) is 117 cm³/mol. The van der Waals surface area contributed by atoms with Crippen molar-refractivity contribution in [2.45, 2.75) is 32.1 Å². The van der Waals surface area contributed by atoms with Gasteiger partial charge in [-0.2, -0.15) is 11.8 Å². The van der Waals surface area contributed by atoms with Crippen molar-refractivity contribution in [1.82, 2.24) is 5.32 Å². The molecule has 2 aromatic rings. The number of thioether (sulfide) groups is 1. The summed E-state index contributed by atoms with van der Waals surface area (Å²) in [4.78, 5) is 12.3. The van der Waals surface area contributed by atoms with Crippen molar-refractivity contribution in [3.63, 3.8) is 0 Å². The molecule has 27 heavy (non-hydrogen) atoms. The van der Waals surface area contributed by atoms with Crippen LogP contribution in [-0.4, -0.2) is 24.3 Å². The number of benzene rings is 2. The highest BCUT2D eigenvalue weighted by Gasteiger charge is 2.18. The number of rotatable bonds is 9. The minimum atomic E-state index is -0.527. The summed E-state index contributed by atoms with van der Waals surface area (Å²) >= 11 is 19.8. The van der Waals surface area contributed by atoms with Crippen LogP contribution in [0, 0.1) is 6.92 Å². The number of nitrogens with one attached hydrogen (secondary N) is 1. The number of aryl methyl sites for hydroxylation is 1. The molecule has 146 valence electrons. The highest BCUT2D eigenvalue weighted by Crippen LogP contribution is 2.25. The second-order valence-electron chi connectivity index (χ2n) is 6.01.